The molecular weight excluding hydrogens is 394 g/mol. The number of carbonyl (C=O) groups is 2. The largest absolute Gasteiger partial charge is 0.489 e. The Morgan fingerprint density at radius 2 is 1.61 bits per heavy atom. The Hall–Kier alpha value is -2.86. The zero-order valence-electron chi connectivity index (χ0n) is 18.5. The van der Waals surface area contributed by atoms with Gasteiger partial charge in [0.15, 0.2) is 0 Å². The van der Waals surface area contributed by atoms with Crippen molar-refractivity contribution >= 4 is 11.9 Å². The van der Waals surface area contributed by atoms with Crippen LogP contribution in [0.3, 0.4) is 0 Å². The summed E-state index contributed by atoms with van der Waals surface area (Å²) in [5, 5.41) is 8.79. The first kappa shape index (κ1) is 24.4. The molecule has 1 unspecified atom stereocenters. The molecule has 0 spiro atoms. The van der Waals surface area contributed by atoms with Gasteiger partial charge in [0.25, 0.3) is 0 Å². The fourth-order valence-electron chi connectivity index (χ4n) is 3.31. The van der Waals surface area contributed by atoms with Gasteiger partial charge >= 0.3 is 11.9 Å². The summed E-state index contributed by atoms with van der Waals surface area (Å²) in [7, 11) is 0. The van der Waals surface area contributed by atoms with Crippen molar-refractivity contribution in [2.45, 2.75) is 45.6 Å². The van der Waals surface area contributed by atoms with Crippen LogP contribution in [0.5, 0.6) is 5.75 Å². The molecule has 0 aliphatic heterocycles. The van der Waals surface area contributed by atoms with E-state index in [1.54, 1.807) is 0 Å². The minimum Gasteiger partial charge on any atom is -0.489 e. The van der Waals surface area contributed by atoms with Gasteiger partial charge in [0.1, 0.15) is 18.5 Å². The van der Waals surface area contributed by atoms with E-state index in [0.717, 1.165) is 37.2 Å². The molecule has 2 aromatic rings. The van der Waals surface area contributed by atoms with Crippen LogP contribution in [0.4, 0.5) is 0 Å². The smallest absolute Gasteiger partial charge is 0.306 e. The Balaban J connectivity index is 2.00. The highest BCUT2D eigenvalue weighted by molar-refractivity contribution is 5.76. The van der Waals surface area contributed by atoms with Crippen molar-refractivity contribution in [3.05, 3.63) is 65.7 Å². The molecule has 0 saturated heterocycles. The van der Waals surface area contributed by atoms with Crippen LogP contribution < -0.4 is 4.74 Å². The highest BCUT2D eigenvalue weighted by atomic mass is 16.6. The summed E-state index contributed by atoms with van der Waals surface area (Å²) < 4.78 is 11.6. The first-order chi connectivity index (χ1) is 15.0. The van der Waals surface area contributed by atoms with Crippen molar-refractivity contribution in [1.29, 1.82) is 0 Å². The lowest BCUT2D eigenvalue weighted by Crippen LogP contribution is -2.38. The number of carboxylic acids is 1. The van der Waals surface area contributed by atoms with Crippen LogP contribution in [-0.2, 0) is 27.2 Å². The van der Waals surface area contributed by atoms with Gasteiger partial charge in [0.2, 0.25) is 0 Å². The molecule has 0 aromatic heterocycles. The van der Waals surface area contributed by atoms with Crippen LogP contribution >= 0.6 is 0 Å². The molecule has 0 aliphatic carbocycles. The molecule has 31 heavy (non-hydrogen) atoms. The van der Waals surface area contributed by atoms with Crippen molar-refractivity contribution < 1.29 is 24.2 Å². The molecule has 6 nitrogen and oxygen atoms in total. The molecule has 0 heterocycles. The molecule has 2 aromatic carbocycles. The van der Waals surface area contributed by atoms with Crippen LogP contribution in [0.1, 0.15) is 37.8 Å². The number of hydrogen-bond acceptors (Lipinski definition) is 5. The molecule has 0 saturated carbocycles. The lowest BCUT2D eigenvalue weighted by atomic mass is 10.0. The van der Waals surface area contributed by atoms with E-state index in [-0.39, 0.29) is 19.4 Å². The summed E-state index contributed by atoms with van der Waals surface area (Å²) in [5.74, 6) is -0.745. The van der Waals surface area contributed by atoms with Crippen LogP contribution in [0.15, 0.2) is 54.6 Å². The number of para-hydroxylation sites is 1. The molecule has 0 bridgehead atoms. The average molecular weight is 428 g/mol. The van der Waals surface area contributed by atoms with Gasteiger partial charge in [-0.2, -0.15) is 0 Å². The highest BCUT2D eigenvalue weighted by Gasteiger charge is 2.19. The SMILES string of the molecule is CCN(CC)CC(COc1ccccc1CCc1ccccc1)OC(=O)CCC(=O)O. The van der Waals surface area contributed by atoms with E-state index in [9.17, 15) is 9.59 Å². The number of aliphatic carboxylic acids is 1. The number of likely N-dealkylation sites (N-methyl/N-ethyl adjacent to an activating group) is 1. The predicted octanol–water partition coefficient (Wildman–Crippen LogP) is 3.97. The fourth-order valence-corrected chi connectivity index (χ4v) is 3.31. The summed E-state index contributed by atoms with van der Waals surface area (Å²) >= 11 is 0. The third kappa shape index (κ3) is 9.22. The Morgan fingerprint density at radius 1 is 0.935 bits per heavy atom. The van der Waals surface area contributed by atoms with E-state index in [4.69, 9.17) is 14.6 Å². The van der Waals surface area contributed by atoms with Gasteiger partial charge in [0, 0.05) is 6.54 Å². The first-order valence-corrected chi connectivity index (χ1v) is 10.9. The molecule has 168 valence electrons. The maximum Gasteiger partial charge on any atom is 0.306 e. The van der Waals surface area contributed by atoms with E-state index in [1.165, 1.54) is 5.56 Å². The van der Waals surface area contributed by atoms with Gasteiger partial charge in [-0.25, -0.2) is 0 Å². The molecule has 6 heteroatoms. The van der Waals surface area contributed by atoms with Gasteiger partial charge in [-0.15, -0.1) is 0 Å². The van der Waals surface area contributed by atoms with E-state index in [2.05, 4.69) is 23.1 Å². The number of ether oxygens (including phenoxy) is 2. The maximum atomic E-state index is 12.1. The Morgan fingerprint density at radius 3 is 2.29 bits per heavy atom. The van der Waals surface area contributed by atoms with E-state index in [0.29, 0.717) is 6.54 Å². The summed E-state index contributed by atoms with van der Waals surface area (Å²) in [4.78, 5) is 25.0. The number of carboxylic acid groups (broad SMARTS) is 1. The van der Waals surface area contributed by atoms with E-state index >= 15 is 0 Å². The van der Waals surface area contributed by atoms with E-state index < -0.39 is 18.0 Å². The van der Waals surface area contributed by atoms with Crippen molar-refractivity contribution in [3.8, 4) is 5.75 Å². The van der Waals surface area contributed by atoms with Gasteiger partial charge < -0.3 is 19.5 Å². The number of nitrogens with zero attached hydrogens (tertiary/aromatic N) is 1. The van der Waals surface area contributed by atoms with Crippen molar-refractivity contribution in [1.82, 2.24) is 4.90 Å². The van der Waals surface area contributed by atoms with Crippen LogP contribution in [0.2, 0.25) is 0 Å². The number of esters is 1. The summed E-state index contributed by atoms with van der Waals surface area (Å²) in [5.41, 5.74) is 2.37. The summed E-state index contributed by atoms with van der Waals surface area (Å²) in [6, 6.07) is 18.2. The second-order valence-corrected chi connectivity index (χ2v) is 7.40. The van der Waals surface area contributed by atoms with Crippen molar-refractivity contribution in [3.63, 3.8) is 0 Å². The lowest BCUT2D eigenvalue weighted by molar-refractivity contribution is -0.154. The number of carbonyl (C=O) groups excluding carboxylic acids is 1. The summed E-state index contributed by atoms with van der Waals surface area (Å²) in [6.45, 7) is 6.51. The number of benzene rings is 2. The first-order valence-electron chi connectivity index (χ1n) is 10.9. The average Bonchev–Trinajstić information content (AvgIpc) is 2.79. The van der Waals surface area contributed by atoms with Gasteiger partial charge in [-0.05, 0) is 43.1 Å². The van der Waals surface area contributed by atoms with Gasteiger partial charge in [-0.1, -0.05) is 62.4 Å². The molecule has 1 atom stereocenters. The Kier molecular flexibility index (Phi) is 10.6. The molecule has 0 fully saturated rings. The standard InChI is InChI=1S/C25H33NO5/c1-3-26(4-2)18-22(31-25(29)17-16-24(27)28)19-30-23-13-9-8-12-21(23)15-14-20-10-6-5-7-11-20/h5-13,22H,3-4,14-19H2,1-2H3,(H,27,28). The molecule has 0 amide bonds. The minimum absolute atomic E-state index is 0.141. The Labute approximate surface area is 184 Å². The van der Waals surface area contributed by atoms with Crippen molar-refractivity contribution in [2.75, 3.05) is 26.2 Å². The summed E-state index contributed by atoms with van der Waals surface area (Å²) in [6.07, 6.45) is 0.911. The quantitative estimate of drug-likeness (QED) is 0.460. The van der Waals surface area contributed by atoms with Gasteiger partial charge in [0.05, 0.1) is 12.8 Å². The highest BCUT2D eigenvalue weighted by Crippen LogP contribution is 2.21. The van der Waals surface area contributed by atoms with Crippen LogP contribution in [-0.4, -0.2) is 54.3 Å². The zero-order chi connectivity index (χ0) is 22.5. The Bertz CT molecular complexity index is 805. The fraction of sp³-hybridized carbons (Fsp3) is 0.440. The normalized spacial score (nSPS) is 11.8. The number of rotatable bonds is 14. The molecule has 2 rings (SSSR count). The zero-order valence-corrected chi connectivity index (χ0v) is 18.5. The topological polar surface area (TPSA) is 76.1 Å². The third-order valence-corrected chi connectivity index (χ3v) is 5.12. The van der Waals surface area contributed by atoms with E-state index in [1.807, 2.05) is 50.2 Å². The third-order valence-electron chi connectivity index (χ3n) is 5.12. The monoisotopic (exact) mass is 427 g/mol. The van der Waals surface area contributed by atoms with Crippen molar-refractivity contribution in [2.24, 2.45) is 0 Å². The molecule has 1 N–H and O–H groups in total. The minimum atomic E-state index is -1.01. The number of aryl methyl sites for hydroxylation is 2. The van der Waals surface area contributed by atoms with Crippen LogP contribution in [0, 0.1) is 0 Å². The molecular formula is C25H33NO5. The maximum absolute atomic E-state index is 12.1. The number of hydrogen-bond donors (Lipinski definition) is 1. The van der Waals surface area contributed by atoms with Crippen LogP contribution in [0.25, 0.3) is 0 Å². The molecule has 0 radical (unpaired) electrons. The predicted molar refractivity (Wildman–Crippen MR) is 120 cm³/mol. The molecule has 0 aliphatic rings. The second kappa shape index (κ2) is 13.4. The lowest BCUT2D eigenvalue weighted by Gasteiger charge is -2.25. The second-order valence-electron chi connectivity index (χ2n) is 7.40. The van der Waals surface area contributed by atoms with Gasteiger partial charge in [-0.3, -0.25) is 9.59 Å².